The molecular formula is C13H15FN4O. The number of aromatic nitrogens is 2. The molecular weight excluding hydrogens is 247 g/mol. The number of amides is 1. The highest BCUT2D eigenvalue weighted by Crippen LogP contribution is 2.19. The molecule has 1 saturated heterocycles. The molecule has 3 rings (SSSR count). The number of likely N-dealkylation sites (N-methyl/N-ethyl adjacent to an activating group) is 1. The molecule has 0 radical (unpaired) electrons. The van der Waals surface area contributed by atoms with Gasteiger partial charge in [0.25, 0.3) is 5.91 Å². The third kappa shape index (κ3) is 2.19. The van der Waals surface area contributed by atoms with Crippen LogP contribution in [0.4, 0.5) is 4.39 Å². The van der Waals surface area contributed by atoms with Gasteiger partial charge in [0.1, 0.15) is 5.82 Å². The highest BCUT2D eigenvalue weighted by Gasteiger charge is 2.24. The van der Waals surface area contributed by atoms with E-state index in [0.29, 0.717) is 29.7 Å². The van der Waals surface area contributed by atoms with Gasteiger partial charge in [0.05, 0.1) is 5.52 Å². The van der Waals surface area contributed by atoms with Crippen molar-refractivity contribution in [3.63, 3.8) is 0 Å². The Morgan fingerprint density at radius 2 is 2.05 bits per heavy atom. The van der Waals surface area contributed by atoms with Crippen molar-refractivity contribution < 1.29 is 9.18 Å². The molecule has 100 valence electrons. The maximum Gasteiger partial charge on any atom is 0.275 e. The first-order valence-electron chi connectivity index (χ1n) is 6.26. The van der Waals surface area contributed by atoms with Gasteiger partial charge in [-0.1, -0.05) is 0 Å². The summed E-state index contributed by atoms with van der Waals surface area (Å²) in [6.45, 7) is 3.06. The van der Waals surface area contributed by atoms with E-state index in [2.05, 4.69) is 15.1 Å². The fourth-order valence-corrected chi connectivity index (χ4v) is 2.31. The van der Waals surface area contributed by atoms with Crippen LogP contribution >= 0.6 is 0 Å². The average Bonchev–Trinajstić information content (AvgIpc) is 2.81. The maximum absolute atomic E-state index is 13.3. The van der Waals surface area contributed by atoms with Gasteiger partial charge in [-0.25, -0.2) is 4.39 Å². The molecule has 0 atom stereocenters. The van der Waals surface area contributed by atoms with Crippen LogP contribution < -0.4 is 0 Å². The first-order chi connectivity index (χ1) is 9.15. The number of H-pyrrole nitrogens is 1. The first kappa shape index (κ1) is 12.1. The molecule has 6 heteroatoms. The topological polar surface area (TPSA) is 52.2 Å². The molecule has 1 aliphatic rings. The van der Waals surface area contributed by atoms with Crippen LogP contribution in [0.2, 0.25) is 0 Å². The van der Waals surface area contributed by atoms with Crippen molar-refractivity contribution in [2.75, 3.05) is 33.2 Å². The fourth-order valence-electron chi connectivity index (χ4n) is 2.31. The first-order valence-corrected chi connectivity index (χ1v) is 6.26. The predicted molar refractivity (Wildman–Crippen MR) is 69.5 cm³/mol. The second-order valence-corrected chi connectivity index (χ2v) is 4.86. The molecule has 0 aliphatic carbocycles. The monoisotopic (exact) mass is 262 g/mol. The van der Waals surface area contributed by atoms with Gasteiger partial charge in [0.15, 0.2) is 5.69 Å². The normalized spacial score (nSPS) is 17.1. The molecule has 1 fully saturated rings. The van der Waals surface area contributed by atoms with Crippen LogP contribution in [0, 0.1) is 5.82 Å². The fraction of sp³-hybridized carbons (Fsp3) is 0.385. The minimum atomic E-state index is -0.360. The van der Waals surface area contributed by atoms with Gasteiger partial charge in [-0.2, -0.15) is 5.10 Å². The van der Waals surface area contributed by atoms with Crippen LogP contribution in [0.3, 0.4) is 0 Å². The van der Waals surface area contributed by atoms with E-state index < -0.39 is 0 Å². The molecule has 1 aromatic carbocycles. The van der Waals surface area contributed by atoms with Crippen LogP contribution in [0.5, 0.6) is 0 Å². The number of nitrogens with one attached hydrogen (secondary N) is 1. The van der Waals surface area contributed by atoms with Gasteiger partial charge >= 0.3 is 0 Å². The van der Waals surface area contributed by atoms with E-state index in [4.69, 9.17) is 0 Å². The summed E-state index contributed by atoms with van der Waals surface area (Å²) in [4.78, 5) is 16.3. The molecule has 0 unspecified atom stereocenters. The van der Waals surface area contributed by atoms with Crippen molar-refractivity contribution in [2.45, 2.75) is 0 Å². The molecule has 0 saturated carbocycles. The molecule has 1 amide bonds. The van der Waals surface area contributed by atoms with Crippen molar-refractivity contribution in [2.24, 2.45) is 0 Å². The lowest BCUT2D eigenvalue weighted by Crippen LogP contribution is -2.47. The number of piperazine rings is 1. The van der Waals surface area contributed by atoms with Crippen LogP contribution in [0.25, 0.3) is 10.9 Å². The summed E-state index contributed by atoms with van der Waals surface area (Å²) in [7, 11) is 2.03. The SMILES string of the molecule is CN1CCN(C(=O)c2n[nH]c3ccc(F)cc23)CC1. The summed E-state index contributed by atoms with van der Waals surface area (Å²) in [6, 6.07) is 4.30. The van der Waals surface area contributed by atoms with Crippen molar-refractivity contribution in [1.82, 2.24) is 20.0 Å². The zero-order valence-corrected chi connectivity index (χ0v) is 10.7. The minimum absolute atomic E-state index is 0.134. The Labute approximate surface area is 110 Å². The lowest BCUT2D eigenvalue weighted by molar-refractivity contribution is 0.0660. The Morgan fingerprint density at radius 1 is 1.32 bits per heavy atom. The van der Waals surface area contributed by atoms with E-state index in [-0.39, 0.29) is 11.7 Å². The second-order valence-electron chi connectivity index (χ2n) is 4.86. The summed E-state index contributed by atoms with van der Waals surface area (Å²) in [5.74, 6) is -0.494. The molecule has 2 aromatic rings. The number of hydrogen-bond acceptors (Lipinski definition) is 3. The lowest BCUT2D eigenvalue weighted by Gasteiger charge is -2.31. The van der Waals surface area contributed by atoms with Crippen molar-refractivity contribution >= 4 is 16.8 Å². The molecule has 5 nitrogen and oxygen atoms in total. The number of aromatic amines is 1. The smallest absolute Gasteiger partial charge is 0.275 e. The summed E-state index contributed by atoms with van der Waals surface area (Å²) in [6.07, 6.45) is 0. The van der Waals surface area contributed by atoms with E-state index in [0.717, 1.165) is 13.1 Å². The Bertz CT molecular complexity index is 616. The Kier molecular flexibility index (Phi) is 2.94. The van der Waals surface area contributed by atoms with Crippen LogP contribution in [0.1, 0.15) is 10.5 Å². The van der Waals surface area contributed by atoms with Gasteiger partial charge in [0, 0.05) is 31.6 Å². The average molecular weight is 262 g/mol. The standard InChI is InChI=1S/C13H15FN4O/c1-17-4-6-18(7-5-17)13(19)12-10-8-9(14)2-3-11(10)15-16-12/h2-3,8H,4-7H2,1H3,(H,15,16). The molecule has 0 spiro atoms. The Hall–Kier alpha value is -1.95. The predicted octanol–water partition coefficient (Wildman–Crippen LogP) is 1.09. The van der Waals surface area contributed by atoms with Crippen molar-refractivity contribution in [3.05, 3.63) is 29.7 Å². The van der Waals surface area contributed by atoms with Crippen molar-refractivity contribution in [3.8, 4) is 0 Å². The Balaban J connectivity index is 1.91. The van der Waals surface area contributed by atoms with E-state index >= 15 is 0 Å². The molecule has 2 heterocycles. The highest BCUT2D eigenvalue weighted by atomic mass is 19.1. The number of carbonyl (C=O) groups excluding carboxylic acids is 1. The summed E-state index contributed by atoms with van der Waals surface area (Å²) >= 11 is 0. The largest absolute Gasteiger partial charge is 0.335 e. The molecule has 0 bridgehead atoms. The second kappa shape index (κ2) is 4.62. The van der Waals surface area contributed by atoms with Gasteiger partial charge in [-0.15, -0.1) is 0 Å². The minimum Gasteiger partial charge on any atom is -0.335 e. The summed E-state index contributed by atoms with van der Waals surface area (Å²) < 4.78 is 13.3. The van der Waals surface area contributed by atoms with Gasteiger partial charge in [-0.3, -0.25) is 9.89 Å². The third-order valence-corrected chi connectivity index (χ3v) is 3.52. The Morgan fingerprint density at radius 3 is 2.79 bits per heavy atom. The quantitative estimate of drug-likeness (QED) is 0.837. The summed E-state index contributed by atoms with van der Waals surface area (Å²) in [5, 5.41) is 7.35. The van der Waals surface area contributed by atoms with Crippen LogP contribution in [0.15, 0.2) is 18.2 Å². The maximum atomic E-state index is 13.3. The summed E-state index contributed by atoms with van der Waals surface area (Å²) in [5.41, 5.74) is 0.984. The molecule has 1 N–H and O–H groups in total. The van der Waals surface area contributed by atoms with Gasteiger partial charge in [0.2, 0.25) is 0 Å². The van der Waals surface area contributed by atoms with Crippen LogP contribution in [-0.2, 0) is 0 Å². The van der Waals surface area contributed by atoms with Gasteiger partial charge < -0.3 is 9.80 Å². The van der Waals surface area contributed by atoms with E-state index in [1.54, 1.807) is 11.0 Å². The zero-order chi connectivity index (χ0) is 13.4. The van der Waals surface area contributed by atoms with Crippen LogP contribution in [-0.4, -0.2) is 59.1 Å². The van der Waals surface area contributed by atoms with E-state index in [9.17, 15) is 9.18 Å². The lowest BCUT2D eigenvalue weighted by atomic mass is 10.2. The number of rotatable bonds is 1. The zero-order valence-electron chi connectivity index (χ0n) is 10.7. The van der Waals surface area contributed by atoms with Crippen molar-refractivity contribution in [1.29, 1.82) is 0 Å². The number of nitrogens with zero attached hydrogens (tertiary/aromatic N) is 3. The number of benzene rings is 1. The number of fused-ring (bicyclic) bond motifs is 1. The van der Waals surface area contributed by atoms with Gasteiger partial charge in [-0.05, 0) is 25.2 Å². The number of hydrogen-bond donors (Lipinski definition) is 1. The van der Waals surface area contributed by atoms with E-state index in [1.807, 2.05) is 7.05 Å². The molecule has 19 heavy (non-hydrogen) atoms. The number of halogens is 1. The van der Waals surface area contributed by atoms with E-state index in [1.165, 1.54) is 12.1 Å². The highest BCUT2D eigenvalue weighted by molar-refractivity contribution is 6.04. The molecule has 1 aliphatic heterocycles. The molecule has 1 aromatic heterocycles. The number of carbonyl (C=O) groups is 1. The third-order valence-electron chi connectivity index (χ3n) is 3.52.